The van der Waals surface area contributed by atoms with Crippen LogP contribution in [0.5, 0.6) is 0 Å². The molecule has 0 N–H and O–H groups in total. The van der Waals surface area contributed by atoms with E-state index in [2.05, 4.69) is 4.98 Å². The Morgan fingerprint density at radius 3 is 3.00 bits per heavy atom. The average Bonchev–Trinajstić information content (AvgIpc) is 1.98. The number of carbonyl (C=O) groups excluding carboxylic acids is 1. The van der Waals surface area contributed by atoms with Crippen LogP contribution in [0.2, 0.25) is 5.15 Å². The van der Waals surface area contributed by atoms with E-state index in [1.54, 1.807) is 6.07 Å². The van der Waals surface area contributed by atoms with E-state index in [4.69, 9.17) is 11.6 Å². The zero-order valence-electron chi connectivity index (χ0n) is 6.17. The van der Waals surface area contributed by atoms with Crippen LogP contribution in [0, 0.1) is 6.92 Å². The summed E-state index contributed by atoms with van der Waals surface area (Å²) in [6.45, 7) is 1.90. The third kappa shape index (κ3) is 2.02. The number of carbonyl (C=O) groups is 1. The number of aromatic nitrogens is 1. The van der Waals surface area contributed by atoms with Gasteiger partial charge in [0.15, 0.2) is 0 Å². The van der Waals surface area contributed by atoms with Crippen LogP contribution < -0.4 is 0 Å². The molecule has 1 aromatic rings. The van der Waals surface area contributed by atoms with Gasteiger partial charge in [0.25, 0.3) is 0 Å². The van der Waals surface area contributed by atoms with E-state index in [9.17, 15) is 4.79 Å². The molecule has 0 aromatic carbocycles. The molecule has 0 saturated carbocycles. The molecule has 0 saturated heterocycles. The fourth-order valence-corrected chi connectivity index (χ4v) is 0.995. The Bertz CT molecular complexity index is 273. The molecule has 0 radical (unpaired) electrons. The number of aryl methyl sites for hydroxylation is 1. The number of rotatable bonds is 2. The predicted molar refractivity (Wildman–Crippen MR) is 43.8 cm³/mol. The summed E-state index contributed by atoms with van der Waals surface area (Å²) in [6, 6.07) is 3.57. The molecule has 0 unspecified atom stereocenters. The third-order valence-electron chi connectivity index (χ3n) is 1.44. The molecule has 1 rings (SSSR count). The van der Waals surface area contributed by atoms with E-state index in [0.29, 0.717) is 11.6 Å². The molecule has 0 aliphatic carbocycles. The number of hydrogen-bond acceptors (Lipinski definition) is 2. The first-order chi connectivity index (χ1) is 5.24. The molecule has 0 spiro atoms. The Kier molecular flexibility index (Phi) is 2.60. The lowest BCUT2D eigenvalue weighted by Gasteiger charge is -1.99. The third-order valence-corrected chi connectivity index (χ3v) is 1.66. The summed E-state index contributed by atoms with van der Waals surface area (Å²) >= 11 is 5.63. The second-order valence-corrected chi connectivity index (χ2v) is 2.66. The van der Waals surface area contributed by atoms with Crippen LogP contribution >= 0.6 is 11.6 Å². The van der Waals surface area contributed by atoms with Crippen LogP contribution in [0.4, 0.5) is 0 Å². The second-order valence-electron chi connectivity index (χ2n) is 2.27. The molecule has 0 amide bonds. The molecule has 1 heterocycles. The van der Waals surface area contributed by atoms with Gasteiger partial charge in [0.1, 0.15) is 11.4 Å². The number of halogens is 1. The van der Waals surface area contributed by atoms with E-state index in [1.807, 2.05) is 13.0 Å². The van der Waals surface area contributed by atoms with Crippen molar-refractivity contribution in [1.29, 1.82) is 0 Å². The van der Waals surface area contributed by atoms with Gasteiger partial charge in [0.2, 0.25) is 0 Å². The van der Waals surface area contributed by atoms with Crippen molar-refractivity contribution < 1.29 is 4.79 Å². The Morgan fingerprint density at radius 2 is 2.36 bits per heavy atom. The molecule has 3 heteroatoms. The van der Waals surface area contributed by atoms with Crippen molar-refractivity contribution in [3.05, 3.63) is 28.5 Å². The maximum Gasteiger partial charge on any atom is 0.129 e. The summed E-state index contributed by atoms with van der Waals surface area (Å²) in [5.74, 6) is 0. The molecular weight excluding hydrogens is 162 g/mol. The van der Waals surface area contributed by atoms with Crippen LogP contribution in [0.1, 0.15) is 11.3 Å². The van der Waals surface area contributed by atoms with E-state index in [0.717, 1.165) is 17.5 Å². The van der Waals surface area contributed by atoms with Gasteiger partial charge in [-0.05, 0) is 18.6 Å². The highest BCUT2D eigenvalue weighted by molar-refractivity contribution is 6.29. The van der Waals surface area contributed by atoms with Gasteiger partial charge in [0.05, 0.1) is 5.69 Å². The lowest BCUT2D eigenvalue weighted by molar-refractivity contribution is -0.107. The topological polar surface area (TPSA) is 30.0 Å². The summed E-state index contributed by atoms with van der Waals surface area (Å²) in [4.78, 5) is 14.2. The zero-order chi connectivity index (χ0) is 8.27. The van der Waals surface area contributed by atoms with Crippen molar-refractivity contribution in [2.24, 2.45) is 0 Å². The molecule has 1 aromatic heterocycles. The smallest absolute Gasteiger partial charge is 0.129 e. The average molecular weight is 170 g/mol. The summed E-state index contributed by atoms with van der Waals surface area (Å²) < 4.78 is 0. The Labute approximate surface area is 70.2 Å². The monoisotopic (exact) mass is 169 g/mol. The van der Waals surface area contributed by atoms with Crippen molar-refractivity contribution in [2.75, 3.05) is 0 Å². The van der Waals surface area contributed by atoms with Gasteiger partial charge >= 0.3 is 0 Å². The van der Waals surface area contributed by atoms with E-state index < -0.39 is 0 Å². The molecular formula is C8H8ClNO. The van der Waals surface area contributed by atoms with Crippen LogP contribution in [0.3, 0.4) is 0 Å². The lowest BCUT2D eigenvalue weighted by atomic mass is 10.2. The lowest BCUT2D eigenvalue weighted by Crippen LogP contribution is -1.94. The maximum absolute atomic E-state index is 10.2. The number of aldehydes is 1. The molecule has 0 bridgehead atoms. The second kappa shape index (κ2) is 3.49. The molecule has 0 aliphatic rings. The van der Waals surface area contributed by atoms with Crippen LogP contribution in [0.25, 0.3) is 0 Å². The zero-order valence-corrected chi connectivity index (χ0v) is 6.93. The Balaban J connectivity index is 3.01. The summed E-state index contributed by atoms with van der Waals surface area (Å²) in [5, 5.41) is 0.437. The van der Waals surface area contributed by atoms with Crippen molar-refractivity contribution in [1.82, 2.24) is 4.98 Å². The van der Waals surface area contributed by atoms with E-state index in [1.165, 1.54) is 0 Å². The fraction of sp³-hybridized carbons (Fsp3) is 0.250. The van der Waals surface area contributed by atoms with E-state index in [-0.39, 0.29) is 0 Å². The van der Waals surface area contributed by atoms with Crippen molar-refractivity contribution >= 4 is 17.9 Å². The van der Waals surface area contributed by atoms with Gasteiger partial charge in [-0.2, -0.15) is 0 Å². The highest BCUT2D eigenvalue weighted by Crippen LogP contribution is 2.09. The Morgan fingerprint density at radius 1 is 1.64 bits per heavy atom. The standard InChI is InChI=1S/C8H8ClNO/c1-6-2-3-8(9)10-7(6)4-5-11/h2-3,5H,4H2,1H3. The predicted octanol–water partition coefficient (Wildman–Crippen LogP) is 1.78. The summed E-state index contributed by atoms with van der Waals surface area (Å²) in [5.41, 5.74) is 1.76. The fourth-order valence-electron chi connectivity index (χ4n) is 0.830. The number of nitrogens with zero attached hydrogens (tertiary/aromatic N) is 1. The van der Waals surface area contributed by atoms with Gasteiger partial charge in [-0.15, -0.1) is 0 Å². The van der Waals surface area contributed by atoms with Gasteiger partial charge in [-0.3, -0.25) is 0 Å². The van der Waals surface area contributed by atoms with Crippen LogP contribution in [-0.4, -0.2) is 11.3 Å². The van der Waals surface area contributed by atoms with Gasteiger partial charge in [-0.1, -0.05) is 17.7 Å². The van der Waals surface area contributed by atoms with Crippen molar-refractivity contribution in [3.63, 3.8) is 0 Å². The highest BCUT2D eigenvalue weighted by atomic mass is 35.5. The van der Waals surface area contributed by atoms with Gasteiger partial charge in [0, 0.05) is 6.42 Å². The number of pyridine rings is 1. The first-order valence-corrected chi connectivity index (χ1v) is 3.67. The van der Waals surface area contributed by atoms with Gasteiger partial charge in [-0.25, -0.2) is 4.98 Å². The molecule has 0 atom stereocenters. The molecule has 0 aliphatic heterocycles. The van der Waals surface area contributed by atoms with E-state index >= 15 is 0 Å². The normalized spacial score (nSPS) is 9.64. The summed E-state index contributed by atoms with van der Waals surface area (Å²) in [7, 11) is 0. The molecule has 2 nitrogen and oxygen atoms in total. The highest BCUT2D eigenvalue weighted by Gasteiger charge is 1.98. The molecule has 0 fully saturated rings. The maximum atomic E-state index is 10.2. The van der Waals surface area contributed by atoms with Gasteiger partial charge < -0.3 is 4.79 Å². The SMILES string of the molecule is Cc1ccc(Cl)nc1CC=O. The minimum Gasteiger partial charge on any atom is -0.303 e. The number of hydrogen-bond donors (Lipinski definition) is 0. The largest absolute Gasteiger partial charge is 0.303 e. The molecule has 11 heavy (non-hydrogen) atoms. The molecule has 58 valence electrons. The minimum atomic E-state index is 0.340. The minimum absolute atomic E-state index is 0.340. The summed E-state index contributed by atoms with van der Waals surface area (Å²) in [6.07, 6.45) is 1.16. The quantitative estimate of drug-likeness (QED) is 0.499. The van der Waals surface area contributed by atoms with Crippen molar-refractivity contribution in [2.45, 2.75) is 13.3 Å². The first-order valence-electron chi connectivity index (χ1n) is 3.29. The van der Waals surface area contributed by atoms with Crippen molar-refractivity contribution in [3.8, 4) is 0 Å². The van der Waals surface area contributed by atoms with Crippen LogP contribution in [0.15, 0.2) is 12.1 Å². The Hall–Kier alpha value is -0.890. The van der Waals surface area contributed by atoms with Crippen LogP contribution in [-0.2, 0) is 11.2 Å². The first kappa shape index (κ1) is 8.21.